The SMILES string of the molecule is Cc1cc(Cl)ccc1NCc1ccoc1. The molecular formula is C12H12ClNO. The van der Waals surface area contributed by atoms with Gasteiger partial charge in [-0.15, -0.1) is 0 Å². The van der Waals surface area contributed by atoms with E-state index in [4.69, 9.17) is 16.0 Å². The fourth-order valence-electron chi connectivity index (χ4n) is 1.42. The first-order valence-electron chi connectivity index (χ1n) is 4.77. The lowest BCUT2D eigenvalue weighted by Crippen LogP contribution is -1.99. The molecule has 0 fully saturated rings. The second-order valence-corrected chi connectivity index (χ2v) is 3.88. The monoisotopic (exact) mass is 221 g/mol. The number of anilines is 1. The lowest BCUT2D eigenvalue weighted by molar-refractivity contribution is 0.564. The normalized spacial score (nSPS) is 10.3. The summed E-state index contributed by atoms with van der Waals surface area (Å²) in [6.45, 7) is 2.79. The van der Waals surface area contributed by atoms with Crippen LogP contribution in [0.5, 0.6) is 0 Å². The molecule has 0 bridgehead atoms. The van der Waals surface area contributed by atoms with Crippen LogP contribution in [0.25, 0.3) is 0 Å². The van der Waals surface area contributed by atoms with Crippen LogP contribution in [-0.4, -0.2) is 0 Å². The van der Waals surface area contributed by atoms with Gasteiger partial charge in [0.2, 0.25) is 0 Å². The molecule has 0 amide bonds. The summed E-state index contributed by atoms with van der Waals surface area (Å²) in [4.78, 5) is 0. The van der Waals surface area contributed by atoms with Crippen molar-refractivity contribution < 1.29 is 4.42 Å². The molecule has 1 aromatic heterocycles. The molecule has 1 N–H and O–H groups in total. The molecule has 2 aromatic rings. The van der Waals surface area contributed by atoms with Crippen LogP contribution in [0.4, 0.5) is 5.69 Å². The third-order valence-corrected chi connectivity index (χ3v) is 2.49. The van der Waals surface area contributed by atoms with Crippen molar-refractivity contribution in [2.45, 2.75) is 13.5 Å². The average Bonchev–Trinajstić information content (AvgIpc) is 2.69. The van der Waals surface area contributed by atoms with Crippen LogP contribution in [0.1, 0.15) is 11.1 Å². The number of halogens is 1. The van der Waals surface area contributed by atoms with E-state index in [0.29, 0.717) is 0 Å². The van der Waals surface area contributed by atoms with Crippen molar-refractivity contribution in [3.8, 4) is 0 Å². The Bertz CT molecular complexity index is 437. The van der Waals surface area contributed by atoms with Gasteiger partial charge in [0.1, 0.15) is 0 Å². The Morgan fingerprint density at radius 2 is 2.20 bits per heavy atom. The standard InChI is InChI=1S/C12H12ClNO/c1-9-6-11(13)2-3-12(9)14-7-10-4-5-15-8-10/h2-6,8,14H,7H2,1H3. The predicted molar refractivity (Wildman–Crippen MR) is 62.2 cm³/mol. The van der Waals surface area contributed by atoms with Crippen LogP contribution >= 0.6 is 11.6 Å². The van der Waals surface area contributed by atoms with Crippen LogP contribution in [0.15, 0.2) is 41.2 Å². The van der Waals surface area contributed by atoms with E-state index in [2.05, 4.69) is 5.32 Å². The molecule has 2 rings (SSSR count). The highest BCUT2D eigenvalue weighted by atomic mass is 35.5. The molecular weight excluding hydrogens is 210 g/mol. The second-order valence-electron chi connectivity index (χ2n) is 3.44. The maximum atomic E-state index is 5.87. The highest BCUT2D eigenvalue weighted by molar-refractivity contribution is 6.30. The molecule has 0 atom stereocenters. The van der Waals surface area contributed by atoms with Gasteiger partial charge in [0.05, 0.1) is 12.5 Å². The van der Waals surface area contributed by atoms with E-state index in [1.807, 2.05) is 31.2 Å². The van der Waals surface area contributed by atoms with Gasteiger partial charge in [0, 0.05) is 22.8 Å². The Balaban J connectivity index is 2.05. The maximum Gasteiger partial charge on any atom is 0.0952 e. The minimum atomic E-state index is 0.763. The van der Waals surface area contributed by atoms with E-state index in [0.717, 1.165) is 28.4 Å². The van der Waals surface area contributed by atoms with Gasteiger partial charge in [-0.3, -0.25) is 0 Å². The fraction of sp³-hybridized carbons (Fsp3) is 0.167. The van der Waals surface area contributed by atoms with Crippen molar-refractivity contribution in [3.63, 3.8) is 0 Å². The summed E-state index contributed by atoms with van der Waals surface area (Å²) in [6, 6.07) is 7.75. The van der Waals surface area contributed by atoms with E-state index in [9.17, 15) is 0 Å². The summed E-state index contributed by atoms with van der Waals surface area (Å²) < 4.78 is 4.99. The first-order chi connectivity index (χ1) is 7.25. The van der Waals surface area contributed by atoms with Crippen molar-refractivity contribution in [2.24, 2.45) is 0 Å². The zero-order valence-electron chi connectivity index (χ0n) is 8.46. The number of furan rings is 1. The van der Waals surface area contributed by atoms with Crippen molar-refractivity contribution in [1.82, 2.24) is 0 Å². The molecule has 0 unspecified atom stereocenters. The van der Waals surface area contributed by atoms with Gasteiger partial charge in [-0.2, -0.15) is 0 Å². The third kappa shape index (κ3) is 2.54. The van der Waals surface area contributed by atoms with E-state index >= 15 is 0 Å². The average molecular weight is 222 g/mol. The number of hydrogen-bond donors (Lipinski definition) is 1. The van der Waals surface area contributed by atoms with E-state index in [1.165, 1.54) is 0 Å². The third-order valence-electron chi connectivity index (χ3n) is 2.25. The van der Waals surface area contributed by atoms with E-state index in [1.54, 1.807) is 12.5 Å². The molecule has 15 heavy (non-hydrogen) atoms. The molecule has 0 radical (unpaired) electrons. The fourth-order valence-corrected chi connectivity index (χ4v) is 1.64. The topological polar surface area (TPSA) is 25.2 Å². The van der Waals surface area contributed by atoms with Gasteiger partial charge in [-0.1, -0.05) is 11.6 Å². The lowest BCUT2D eigenvalue weighted by atomic mass is 10.2. The van der Waals surface area contributed by atoms with Gasteiger partial charge in [-0.25, -0.2) is 0 Å². The van der Waals surface area contributed by atoms with Crippen molar-refractivity contribution in [1.29, 1.82) is 0 Å². The summed E-state index contributed by atoms with van der Waals surface area (Å²) in [5.74, 6) is 0. The van der Waals surface area contributed by atoms with E-state index in [-0.39, 0.29) is 0 Å². The molecule has 1 aromatic carbocycles. The number of benzene rings is 1. The number of aryl methyl sites for hydroxylation is 1. The Hall–Kier alpha value is -1.41. The zero-order chi connectivity index (χ0) is 10.7. The molecule has 2 nitrogen and oxygen atoms in total. The summed E-state index contributed by atoms with van der Waals surface area (Å²) >= 11 is 5.87. The van der Waals surface area contributed by atoms with Crippen molar-refractivity contribution >= 4 is 17.3 Å². The zero-order valence-corrected chi connectivity index (χ0v) is 9.21. The number of rotatable bonds is 3. The molecule has 0 saturated heterocycles. The van der Waals surface area contributed by atoms with Gasteiger partial charge >= 0.3 is 0 Å². The summed E-state index contributed by atoms with van der Waals surface area (Å²) in [5.41, 5.74) is 3.37. The Kier molecular flexibility index (Phi) is 2.97. The summed E-state index contributed by atoms with van der Waals surface area (Å²) in [5, 5.41) is 4.09. The highest BCUT2D eigenvalue weighted by Gasteiger charge is 1.99. The van der Waals surface area contributed by atoms with Gasteiger partial charge in [-0.05, 0) is 36.8 Å². The van der Waals surface area contributed by atoms with Gasteiger partial charge in [0.15, 0.2) is 0 Å². The van der Waals surface area contributed by atoms with E-state index < -0.39 is 0 Å². The van der Waals surface area contributed by atoms with Crippen molar-refractivity contribution in [3.05, 3.63) is 52.9 Å². The quantitative estimate of drug-likeness (QED) is 0.852. The van der Waals surface area contributed by atoms with Crippen LogP contribution in [0.3, 0.4) is 0 Å². The second kappa shape index (κ2) is 4.41. The molecule has 1 heterocycles. The minimum absolute atomic E-state index is 0.763. The Labute approximate surface area is 93.9 Å². The molecule has 0 saturated carbocycles. The van der Waals surface area contributed by atoms with Gasteiger partial charge in [0.25, 0.3) is 0 Å². The molecule has 78 valence electrons. The van der Waals surface area contributed by atoms with Gasteiger partial charge < -0.3 is 9.73 Å². The molecule has 0 aliphatic rings. The first-order valence-corrected chi connectivity index (χ1v) is 5.14. The number of hydrogen-bond acceptors (Lipinski definition) is 2. The highest BCUT2D eigenvalue weighted by Crippen LogP contribution is 2.20. The number of nitrogens with one attached hydrogen (secondary N) is 1. The Morgan fingerprint density at radius 1 is 1.33 bits per heavy atom. The summed E-state index contributed by atoms with van der Waals surface area (Å²) in [6.07, 6.45) is 3.41. The Morgan fingerprint density at radius 3 is 2.87 bits per heavy atom. The molecule has 0 spiro atoms. The lowest BCUT2D eigenvalue weighted by Gasteiger charge is -2.08. The molecule has 3 heteroatoms. The van der Waals surface area contributed by atoms with Crippen molar-refractivity contribution in [2.75, 3.05) is 5.32 Å². The van der Waals surface area contributed by atoms with Crippen LogP contribution in [-0.2, 0) is 6.54 Å². The largest absolute Gasteiger partial charge is 0.472 e. The maximum absolute atomic E-state index is 5.87. The molecule has 0 aliphatic heterocycles. The predicted octanol–water partition coefficient (Wildman–Crippen LogP) is 3.85. The first kappa shape index (κ1) is 10.1. The van der Waals surface area contributed by atoms with Crippen LogP contribution in [0.2, 0.25) is 5.02 Å². The minimum Gasteiger partial charge on any atom is -0.472 e. The summed E-state index contributed by atoms with van der Waals surface area (Å²) in [7, 11) is 0. The molecule has 0 aliphatic carbocycles. The smallest absolute Gasteiger partial charge is 0.0952 e. The van der Waals surface area contributed by atoms with Crippen LogP contribution < -0.4 is 5.32 Å². The van der Waals surface area contributed by atoms with Crippen LogP contribution in [0, 0.1) is 6.92 Å².